The standard InChI is InChI=1S/C17H19FN2O/c1-2-20(11-10-13-6-4-3-5-7-13)17(21)15-12-14(18)8-9-16(15)19/h3-9,12H,2,10-11,19H2,1H3. The summed E-state index contributed by atoms with van der Waals surface area (Å²) in [6.45, 7) is 3.04. The number of benzene rings is 2. The van der Waals surface area contributed by atoms with Crippen LogP contribution in [0, 0.1) is 5.82 Å². The van der Waals surface area contributed by atoms with Crippen LogP contribution in [0.4, 0.5) is 10.1 Å². The van der Waals surface area contributed by atoms with Crippen LogP contribution in [-0.4, -0.2) is 23.9 Å². The Morgan fingerprint density at radius 3 is 2.57 bits per heavy atom. The first-order valence-corrected chi connectivity index (χ1v) is 7.00. The van der Waals surface area contributed by atoms with Gasteiger partial charge >= 0.3 is 0 Å². The lowest BCUT2D eigenvalue weighted by Gasteiger charge is -2.21. The molecule has 0 aromatic heterocycles. The number of carbonyl (C=O) groups is 1. The molecule has 2 N–H and O–H groups in total. The van der Waals surface area contributed by atoms with Crippen molar-refractivity contribution in [2.24, 2.45) is 0 Å². The number of rotatable bonds is 5. The van der Waals surface area contributed by atoms with Crippen molar-refractivity contribution >= 4 is 11.6 Å². The fourth-order valence-electron chi connectivity index (χ4n) is 2.20. The first-order chi connectivity index (χ1) is 10.1. The number of hydrogen-bond donors (Lipinski definition) is 1. The zero-order chi connectivity index (χ0) is 15.2. The quantitative estimate of drug-likeness (QED) is 0.858. The van der Waals surface area contributed by atoms with E-state index >= 15 is 0 Å². The van der Waals surface area contributed by atoms with Crippen molar-refractivity contribution in [1.82, 2.24) is 4.90 Å². The number of carbonyl (C=O) groups excluding carboxylic acids is 1. The van der Waals surface area contributed by atoms with Crippen molar-refractivity contribution in [3.8, 4) is 0 Å². The molecule has 0 bridgehead atoms. The van der Waals surface area contributed by atoms with E-state index < -0.39 is 5.82 Å². The van der Waals surface area contributed by atoms with Gasteiger partial charge in [-0.15, -0.1) is 0 Å². The third kappa shape index (κ3) is 3.81. The molecule has 0 saturated carbocycles. The van der Waals surface area contributed by atoms with Crippen LogP contribution in [0.2, 0.25) is 0 Å². The van der Waals surface area contributed by atoms with Crippen molar-refractivity contribution in [3.05, 3.63) is 65.5 Å². The van der Waals surface area contributed by atoms with Gasteiger partial charge in [0.25, 0.3) is 5.91 Å². The Kier molecular flexibility index (Phi) is 4.93. The summed E-state index contributed by atoms with van der Waals surface area (Å²) in [4.78, 5) is 14.1. The molecule has 2 aromatic rings. The molecule has 21 heavy (non-hydrogen) atoms. The Bertz CT molecular complexity index is 613. The van der Waals surface area contributed by atoms with Crippen molar-refractivity contribution in [2.45, 2.75) is 13.3 Å². The average molecular weight is 286 g/mol. The van der Waals surface area contributed by atoms with Crippen LogP contribution in [-0.2, 0) is 6.42 Å². The summed E-state index contributed by atoms with van der Waals surface area (Å²) in [6.07, 6.45) is 0.760. The molecular weight excluding hydrogens is 267 g/mol. The normalized spacial score (nSPS) is 10.4. The molecule has 0 unspecified atom stereocenters. The van der Waals surface area contributed by atoms with Crippen LogP contribution >= 0.6 is 0 Å². The number of nitrogens with zero attached hydrogens (tertiary/aromatic N) is 1. The van der Waals surface area contributed by atoms with E-state index in [1.807, 2.05) is 37.3 Å². The second-order valence-electron chi connectivity index (χ2n) is 4.85. The highest BCUT2D eigenvalue weighted by Crippen LogP contribution is 2.16. The van der Waals surface area contributed by atoms with E-state index in [0.717, 1.165) is 12.0 Å². The summed E-state index contributed by atoms with van der Waals surface area (Å²) < 4.78 is 13.3. The van der Waals surface area contributed by atoms with Crippen LogP contribution in [0.3, 0.4) is 0 Å². The minimum absolute atomic E-state index is 0.227. The maximum Gasteiger partial charge on any atom is 0.256 e. The van der Waals surface area contributed by atoms with Crippen LogP contribution < -0.4 is 5.73 Å². The number of amides is 1. The highest BCUT2D eigenvalue weighted by molar-refractivity contribution is 5.99. The smallest absolute Gasteiger partial charge is 0.256 e. The maximum absolute atomic E-state index is 13.3. The van der Waals surface area contributed by atoms with Crippen molar-refractivity contribution in [2.75, 3.05) is 18.8 Å². The van der Waals surface area contributed by atoms with E-state index in [9.17, 15) is 9.18 Å². The molecule has 0 fully saturated rings. The third-order valence-electron chi connectivity index (χ3n) is 3.43. The molecule has 2 rings (SSSR count). The van der Waals surface area contributed by atoms with Crippen LogP contribution in [0.1, 0.15) is 22.8 Å². The molecule has 0 radical (unpaired) electrons. The number of halogens is 1. The largest absolute Gasteiger partial charge is 0.398 e. The first-order valence-electron chi connectivity index (χ1n) is 7.00. The Hall–Kier alpha value is -2.36. The molecule has 0 spiro atoms. The van der Waals surface area contributed by atoms with Gasteiger partial charge in [0, 0.05) is 18.8 Å². The van der Waals surface area contributed by atoms with E-state index in [1.54, 1.807) is 4.90 Å². The molecule has 0 saturated heterocycles. The number of nitrogens with two attached hydrogens (primary N) is 1. The Morgan fingerprint density at radius 2 is 1.90 bits per heavy atom. The van der Waals surface area contributed by atoms with Gasteiger partial charge in [-0.25, -0.2) is 4.39 Å². The number of likely N-dealkylation sites (N-methyl/N-ethyl adjacent to an activating group) is 1. The summed E-state index contributed by atoms with van der Waals surface area (Å²) in [6, 6.07) is 13.8. The molecule has 0 aliphatic carbocycles. The van der Waals surface area contributed by atoms with Crippen molar-refractivity contribution in [1.29, 1.82) is 0 Å². The van der Waals surface area contributed by atoms with Crippen LogP contribution in [0.5, 0.6) is 0 Å². The third-order valence-corrected chi connectivity index (χ3v) is 3.43. The fraction of sp³-hybridized carbons (Fsp3) is 0.235. The molecule has 0 aliphatic heterocycles. The zero-order valence-electron chi connectivity index (χ0n) is 12.1. The summed E-state index contributed by atoms with van der Waals surface area (Å²) in [5.41, 5.74) is 7.47. The molecule has 4 heteroatoms. The monoisotopic (exact) mass is 286 g/mol. The van der Waals surface area contributed by atoms with E-state index in [4.69, 9.17) is 5.73 Å². The van der Waals surface area contributed by atoms with Gasteiger partial charge in [0.15, 0.2) is 0 Å². The Balaban J connectivity index is 2.10. The molecule has 1 amide bonds. The zero-order valence-corrected chi connectivity index (χ0v) is 12.1. The van der Waals surface area contributed by atoms with Gasteiger partial charge in [0.1, 0.15) is 5.82 Å². The Morgan fingerprint density at radius 1 is 1.19 bits per heavy atom. The van der Waals surface area contributed by atoms with Gasteiger partial charge in [-0.2, -0.15) is 0 Å². The number of hydrogen-bond acceptors (Lipinski definition) is 2. The van der Waals surface area contributed by atoms with Gasteiger partial charge in [0.2, 0.25) is 0 Å². The van der Waals surface area contributed by atoms with Gasteiger partial charge in [-0.05, 0) is 37.1 Å². The minimum Gasteiger partial charge on any atom is -0.398 e. The van der Waals surface area contributed by atoms with Crippen LogP contribution in [0.25, 0.3) is 0 Å². The summed E-state index contributed by atoms with van der Waals surface area (Å²) in [5, 5.41) is 0. The Labute approximate surface area is 124 Å². The minimum atomic E-state index is -0.452. The van der Waals surface area contributed by atoms with Crippen LogP contribution in [0.15, 0.2) is 48.5 Å². The van der Waals surface area contributed by atoms with E-state index in [0.29, 0.717) is 18.8 Å². The van der Waals surface area contributed by atoms with E-state index in [-0.39, 0.29) is 11.5 Å². The first kappa shape index (κ1) is 15.0. The molecule has 110 valence electrons. The van der Waals surface area contributed by atoms with E-state index in [1.165, 1.54) is 18.2 Å². The second kappa shape index (κ2) is 6.88. The molecule has 0 heterocycles. The van der Waals surface area contributed by atoms with Gasteiger partial charge in [-0.1, -0.05) is 30.3 Å². The number of anilines is 1. The highest BCUT2D eigenvalue weighted by atomic mass is 19.1. The van der Waals surface area contributed by atoms with Gasteiger partial charge in [-0.3, -0.25) is 4.79 Å². The lowest BCUT2D eigenvalue weighted by atomic mass is 10.1. The lowest BCUT2D eigenvalue weighted by Crippen LogP contribution is -2.33. The fourth-order valence-corrected chi connectivity index (χ4v) is 2.20. The summed E-state index contributed by atoms with van der Waals surface area (Å²) >= 11 is 0. The SMILES string of the molecule is CCN(CCc1ccccc1)C(=O)c1cc(F)ccc1N. The predicted molar refractivity (Wildman–Crippen MR) is 82.5 cm³/mol. The maximum atomic E-state index is 13.3. The van der Waals surface area contributed by atoms with Crippen molar-refractivity contribution in [3.63, 3.8) is 0 Å². The average Bonchev–Trinajstić information content (AvgIpc) is 2.51. The molecular formula is C17H19FN2O. The summed E-state index contributed by atoms with van der Waals surface area (Å²) in [7, 11) is 0. The van der Waals surface area contributed by atoms with Gasteiger partial charge in [0.05, 0.1) is 5.56 Å². The molecule has 0 aliphatic rings. The van der Waals surface area contributed by atoms with E-state index in [2.05, 4.69) is 0 Å². The second-order valence-corrected chi connectivity index (χ2v) is 4.85. The van der Waals surface area contributed by atoms with Gasteiger partial charge < -0.3 is 10.6 Å². The summed E-state index contributed by atoms with van der Waals surface area (Å²) in [5.74, 6) is -0.683. The number of nitrogen functional groups attached to an aromatic ring is 1. The lowest BCUT2D eigenvalue weighted by molar-refractivity contribution is 0.0767. The molecule has 3 nitrogen and oxygen atoms in total. The predicted octanol–water partition coefficient (Wildman–Crippen LogP) is 3.11. The highest BCUT2D eigenvalue weighted by Gasteiger charge is 2.17. The molecule has 2 aromatic carbocycles. The van der Waals surface area contributed by atoms with Crippen molar-refractivity contribution < 1.29 is 9.18 Å². The molecule has 0 atom stereocenters. The topological polar surface area (TPSA) is 46.3 Å².